The van der Waals surface area contributed by atoms with E-state index in [1.807, 2.05) is 0 Å². The Morgan fingerprint density at radius 3 is 2.27 bits per heavy atom. The van der Waals surface area contributed by atoms with E-state index in [0.717, 1.165) is 5.41 Å². The lowest BCUT2D eigenvalue weighted by Gasteiger charge is -2.32. The summed E-state index contributed by atoms with van der Waals surface area (Å²) in [6, 6.07) is 0. The van der Waals surface area contributed by atoms with Gasteiger partial charge in [-0.2, -0.15) is 0 Å². The molecule has 1 spiro atoms. The lowest BCUT2D eigenvalue weighted by atomic mass is 9.88. The summed E-state index contributed by atoms with van der Waals surface area (Å²) in [4.78, 5) is 2.76. The normalized spacial score (nSPS) is 32.6. The van der Waals surface area contributed by atoms with Crippen molar-refractivity contribution < 1.29 is 0 Å². The van der Waals surface area contributed by atoms with Crippen molar-refractivity contribution in [1.82, 2.24) is 4.90 Å². The summed E-state index contributed by atoms with van der Waals surface area (Å²) in [5, 5.41) is 1.23. The van der Waals surface area contributed by atoms with Crippen molar-refractivity contribution in [3.05, 3.63) is 0 Å². The Morgan fingerprint density at radius 2 is 1.73 bits per heavy atom. The molecule has 3 fully saturated rings. The first-order valence-corrected chi connectivity index (χ1v) is 7.67. The first-order valence-electron chi connectivity index (χ1n) is 6.54. The fourth-order valence-corrected chi connectivity index (χ4v) is 4.42. The molecule has 86 valence electrons. The Balaban J connectivity index is 1.59. The van der Waals surface area contributed by atoms with Crippen LogP contribution >= 0.6 is 15.9 Å². The van der Waals surface area contributed by atoms with Gasteiger partial charge in [0.2, 0.25) is 0 Å². The van der Waals surface area contributed by atoms with Gasteiger partial charge in [-0.25, -0.2) is 0 Å². The lowest BCUT2D eigenvalue weighted by Crippen LogP contribution is -2.36. The fourth-order valence-electron chi connectivity index (χ4n) is 3.68. The van der Waals surface area contributed by atoms with Crippen LogP contribution in [0, 0.1) is 10.8 Å². The molecular weight excluding hydrogens is 250 g/mol. The van der Waals surface area contributed by atoms with E-state index in [9.17, 15) is 0 Å². The van der Waals surface area contributed by atoms with Crippen LogP contribution in [0.4, 0.5) is 0 Å². The number of nitrogens with zero attached hydrogens (tertiary/aromatic N) is 1. The van der Waals surface area contributed by atoms with Crippen molar-refractivity contribution in [3.8, 4) is 0 Å². The third kappa shape index (κ3) is 2.00. The maximum atomic E-state index is 3.76. The molecule has 3 aliphatic rings. The van der Waals surface area contributed by atoms with Gasteiger partial charge in [0.15, 0.2) is 0 Å². The van der Waals surface area contributed by atoms with Crippen LogP contribution < -0.4 is 0 Å². The van der Waals surface area contributed by atoms with Crippen molar-refractivity contribution in [2.75, 3.05) is 25.0 Å². The summed E-state index contributed by atoms with van der Waals surface area (Å²) < 4.78 is 0. The van der Waals surface area contributed by atoms with E-state index >= 15 is 0 Å². The standard InChI is InChI=1S/C13H22BrN/c14-9-13(3-1-2-4-13)11-15-8-7-12(10-15)5-6-12/h1-11H2. The van der Waals surface area contributed by atoms with Crippen LogP contribution in [0.25, 0.3) is 0 Å². The summed E-state index contributed by atoms with van der Waals surface area (Å²) in [5.74, 6) is 0. The maximum Gasteiger partial charge on any atom is 0.0100 e. The predicted molar refractivity (Wildman–Crippen MR) is 67.4 cm³/mol. The summed E-state index contributed by atoms with van der Waals surface area (Å²) >= 11 is 3.76. The molecule has 0 aromatic heterocycles. The number of hydrogen-bond donors (Lipinski definition) is 0. The van der Waals surface area contributed by atoms with Crippen molar-refractivity contribution in [2.45, 2.75) is 44.9 Å². The van der Waals surface area contributed by atoms with Gasteiger partial charge in [-0.3, -0.25) is 0 Å². The average Bonchev–Trinajstić information content (AvgIpc) is 2.69. The van der Waals surface area contributed by atoms with E-state index in [4.69, 9.17) is 0 Å². The maximum absolute atomic E-state index is 3.76. The third-order valence-corrected chi connectivity index (χ3v) is 6.17. The Hall–Kier alpha value is 0.440. The largest absolute Gasteiger partial charge is 0.302 e. The molecule has 1 heterocycles. The Bertz CT molecular complexity index is 241. The van der Waals surface area contributed by atoms with Crippen LogP contribution in [0.2, 0.25) is 0 Å². The molecule has 0 N–H and O–H groups in total. The molecule has 0 amide bonds. The van der Waals surface area contributed by atoms with Crippen LogP contribution in [0.3, 0.4) is 0 Å². The second-order valence-corrected chi connectivity index (χ2v) is 6.86. The molecule has 1 nitrogen and oxygen atoms in total. The third-order valence-electron chi connectivity index (χ3n) is 4.98. The molecule has 1 saturated heterocycles. The molecule has 2 aliphatic carbocycles. The minimum Gasteiger partial charge on any atom is -0.302 e. The molecule has 0 unspecified atom stereocenters. The van der Waals surface area contributed by atoms with Gasteiger partial charge < -0.3 is 4.90 Å². The number of rotatable bonds is 3. The van der Waals surface area contributed by atoms with Crippen molar-refractivity contribution in [1.29, 1.82) is 0 Å². The molecule has 2 heteroatoms. The summed E-state index contributed by atoms with van der Waals surface area (Å²) in [7, 11) is 0. The minimum absolute atomic E-state index is 0.639. The monoisotopic (exact) mass is 271 g/mol. The molecule has 3 rings (SSSR count). The first-order chi connectivity index (χ1) is 7.26. The van der Waals surface area contributed by atoms with E-state index in [1.54, 1.807) is 0 Å². The highest BCUT2D eigenvalue weighted by molar-refractivity contribution is 9.09. The number of hydrogen-bond acceptors (Lipinski definition) is 1. The fraction of sp³-hybridized carbons (Fsp3) is 1.00. The smallest absolute Gasteiger partial charge is 0.0100 e. The zero-order valence-corrected chi connectivity index (χ0v) is 11.2. The van der Waals surface area contributed by atoms with Crippen LogP contribution in [0.5, 0.6) is 0 Å². The highest BCUT2D eigenvalue weighted by Crippen LogP contribution is 2.53. The van der Waals surface area contributed by atoms with Crippen molar-refractivity contribution in [2.24, 2.45) is 10.8 Å². The molecule has 1 aliphatic heterocycles. The van der Waals surface area contributed by atoms with Gasteiger partial charge in [0.25, 0.3) is 0 Å². The molecule has 0 radical (unpaired) electrons. The zero-order chi connectivity index (χ0) is 10.4. The van der Waals surface area contributed by atoms with E-state index in [1.165, 1.54) is 69.9 Å². The van der Waals surface area contributed by atoms with Crippen LogP contribution in [0.1, 0.15) is 44.9 Å². The number of halogens is 1. The molecule has 0 aromatic rings. The molecular formula is C13H22BrN. The van der Waals surface area contributed by atoms with Gasteiger partial charge in [0, 0.05) is 18.4 Å². The highest BCUT2D eigenvalue weighted by atomic mass is 79.9. The predicted octanol–water partition coefficient (Wildman–Crippen LogP) is 3.43. The Morgan fingerprint density at radius 1 is 1.00 bits per heavy atom. The molecule has 15 heavy (non-hydrogen) atoms. The van der Waals surface area contributed by atoms with E-state index < -0.39 is 0 Å². The second-order valence-electron chi connectivity index (χ2n) is 6.30. The molecule has 0 atom stereocenters. The molecule has 0 aromatic carbocycles. The summed E-state index contributed by atoms with van der Waals surface area (Å²) in [6.07, 6.45) is 10.4. The summed E-state index contributed by atoms with van der Waals surface area (Å²) in [6.45, 7) is 4.18. The lowest BCUT2D eigenvalue weighted by molar-refractivity contribution is 0.195. The van der Waals surface area contributed by atoms with Crippen LogP contribution in [0.15, 0.2) is 0 Å². The van der Waals surface area contributed by atoms with Gasteiger partial charge in [-0.05, 0) is 49.5 Å². The quantitative estimate of drug-likeness (QED) is 0.711. The Kier molecular flexibility index (Phi) is 2.63. The number of likely N-dealkylation sites (tertiary alicyclic amines) is 1. The first kappa shape index (κ1) is 10.6. The van der Waals surface area contributed by atoms with E-state index in [-0.39, 0.29) is 0 Å². The van der Waals surface area contributed by atoms with Crippen molar-refractivity contribution in [3.63, 3.8) is 0 Å². The van der Waals surface area contributed by atoms with Crippen LogP contribution in [-0.4, -0.2) is 29.9 Å². The SMILES string of the molecule is BrCC1(CN2CCC3(CC3)C2)CCCC1. The van der Waals surface area contributed by atoms with Gasteiger partial charge in [0.05, 0.1) is 0 Å². The topological polar surface area (TPSA) is 3.24 Å². The number of alkyl halides is 1. The Labute approximate surface area is 102 Å². The van der Waals surface area contributed by atoms with Crippen LogP contribution in [-0.2, 0) is 0 Å². The molecule has 0 bridgehead atoms. The summed E-state index contributed by atoms with van der Waals surface area (Å²) in [5.41, 5.74) is 1.45. The zero-order valence-electron chi connectivity index (χ0n) is 9.60. The van der Waals surface area contributed by atoms with E-state index in [0.29, 0.717) is 5.41 Å². The van der Waals surface area contributed by atoms with Gasteiger partial charge in [-0.15, -0.1) is 0 Å². The second kappa shape index (κ2) is 3.73. The highest BCUT2D eigenvalue weighted by Gasteiger charge is 2.48. The van der Waals surface area contributed by atoms with Gasteiger partial charge >= 0.3 is 0 Å². The van der Waals surface area contributed by atoms with Gasteiger partial charge in [-0.1, -0.05) is 28.8 Å². The van der Waals surface area contributed by atoms with E-state index in [2.05, 4.69) is 20.8 Å². The molecule has 2 saturated carbocycles. The minimum atomic E-state index is 0.639. The van der Waals surface area contributed by atoms with Gasteiger partial charge in [0.1, 0.15) is 0 Å². The average molecular weight is 272 g/mol. The van der Waals surface area contributed by atoms with Crippen molar-refractivity contribution >= 4 is 15.9 Å².